The number of halogens is 1. The molecule has 2 N–H and O–H groups in total. The van der Waals surface area contributed by atoms with Crippen molar-refractivity contribution in [3.05, 3.63) is 28.8 Å². The topological polar surface area (TPSA) is 61.4 Å². The first-order chi connectivity index (χ1) is 9.31. The minimum Gasteiger partial charge on any atom is -0.345 e. The summed E-state index contributed by atoms with van der Waals surface area (Å²) in [5, 5.41) is 6.11. The van der Waals surface area contributed by atoms with Gasteiger partial charge >= 0.3 is 0 Å². The Morgan fingerprint density at radius 1 is 1.30 bits per heavy atom. The summed E-state index contributed by atoms with van der Waals surface area (Å²) in [6.45, 7) is 4.10. The third-order valence-corrected chi connectivity index (χ3v) is 2.89. The van der Waals surface area contributed by atoms with Crippen molar-refractivity contribution in [2.24, 2.45) is 0 Å². The molecular weight excluding hydrogens is 278 g/mol. The van der Waals surface area contributed by atoms with Gasteiger partial charge in [0.25, 0.3) is 5.91 Å². The van der Waals surface area contributed by atoms with Crippen LogP contribution in [-0.2, 0) is 4.79 Å². The van der Waals surface area contributed by atoms with Crippen LogP contribution in [0, 0.1) is 0 Å². The van der Waals surface area contributed by atoms with Gasteiger partial charge in [0.15, 0.2) is 0 Å². The third-order valence-electron chi connectivity index (χ3n) is 2.56. The maximum absolute atomic E-state index is 11.9. The van der Waals surface area contributed by atoms with E-state index in [9.17, 15) is 9.59 Å². The van der Waals surface area contributed by atoms with Crippen molar-refractivity contribution in [2.45, 2.75) is 19.9 Å². The van der Waals surface area contributed by atoms with E-state index in [2.05, 4.69) is 10.6 Å². The van der Waals surface area contributed by atoms with Crippen molar-refractivity contribution in [1.82, 2.24) is 10.2 Å². The van der Waals surface area contributed by atoms with Crippen molar-refractivity contribution in [1.29, 1.82) is 0 Å². The van der Waals surface area contributed by atoms with Crippen molar-refractivity contribution in [3.8, 4) is 0 Å². The van der Waals surface area contributed by atoms with Gasteiger partial charge in [0.05, 0.1) is 17.3 Å². The second kappa shape index (κ2) is 7.26. The number of hydrogen-bond donors (Lipinski definition) is 2. The summed E-state index contributed by atoms with van der Waals surface area (Å²) in [4.78, 5) is 25.1. The fraction of sp³-hybridized carbons (Fsp3) is 0.429. The Bertz CT molecular complexity index is 501. The van der Waals surface area contributed by atoms with Gasteiger partial charge in [0, 0.05) is 25.7 Å². The zero-order chi connectivity index (χ0) is 15.3. The highest BCUT2D eigenvalue weighted by Gasteiger charge is 2.12. The summed E-state index contributed by atoms with van der Waals surface area (Å²) in [5.41, 5.74) is 0.918. The molecule has 0 aromatic heterocycles. The fourth-order valence-electron chi connectivity index (χ4n) is 1.50. The van der Waals surface area contributed by atoms with E-state index in [0.29, 0.717) is 16.3 Å². The number of carbonyl (C=O) groups excluding carboxylic acids is 2. The lowest BCUT2D eigenvalue weighted by molar-refractivity contribution is -0.115. The van der Waals surface area contributed by atoms with Crippen LogP contribution in [0.15, 0.2) is 18.2 Å². The quantitative estimate of drug-likeness (QED) is 0.873. The van der Waals surface area contributed by atoms with Gasteiger partial charge in [-0.05, 0) is 18.2 Å². The molecule has 1 rings (SSSR count). The molecule has 20 heavy (non-hydrogen) atoms. The van der Waals surface area contributed by atoms with E-state index in [0.717, 1.165) is 0 Å². The number of hydrogen-bond acceptors (Lipinski definition) is 3. The van der Waals surface area contributed by atoms with Crippen LogP contribution in [0.25, 0.3) is 0 Å². The second-order valence-corrected chi connectivity index (χ2v) is 5.39. The highest BCUT2D eigenvalue weighted by atomic mass is 35.5. The van der Waals surface area contributed by atoms with Crippen LogP contribution in [0.5, 0.6) is 0 Å². The lowest BCUT2D eigenvalue weighted by atomic mass is 10.2. The summed E-state index contributed by atoms with van der Waals surface area (Å²) in [6.07, 6.45) is 0. The molecule has 0 heterocycles. The van der Waals surface area contributed by atoms with E-state index in [1.54, 1.807) is 32.3 Å². The number of rotatable bonds is 5. The van der Waals surface area contributed by atoms with Gasteiger partial charge in [-0.2, -0.15) is 0 Å². The molecule has 0 saturated heterocycles. The van der Waals surface area contributed by atoms with Crippen LogP contribution >= 0.6 is 11.6 Å². The lowest BCUT2D eigenvalue weighted by Crippen LogP contribution is -2.32. The second-order valence-electron chi connectivity index (χ2n) is 4.98. The van der Waals surface area contributed by atoms with Crippen molar-refractivity contribution in [3.63, 3.8) is 0 Å². The molecule has 110 valence electrons. The molecule has 1 aromatic rings. The molecule has 6 heteroatoms. The Morgan fingerprint density at radius 2 is 1.95 bits per heavy atom. The van der Waals surface area contributed by atoms with Gasteiger partial charge in [0.1, 0.15) is 0 Å². The van der Waals surface area contributed by atoms with Crippen LogP contribution in [-0.4, -0.2) is 43.4 Å². The smallest absolute Gasteiger partial charge is 0.253 e. The number of nitrogens with zero attached hydrogens (tertiary/aromatic N) is 1. The third kappa shape index (κ3) is 4.83. The highest BCUT2D eigenvalue weighted by Crippen LogP contribution is 2.23. The van der Waals surface area contributed by atoms with Gasteiger partial charge in [-0.3, -0.25) is 9.59 Å². The van der Waals surface area contributed by atoms with Gasteiger partial charge < -0.3 is 15.5 Å². The SMILES string of the molecule is CC(C)NCC(=O)Nc1cc(C(=O)N(C)C)ccc1Cl. The molecule has 0 atom stereocenters. The minimum absolute atomic E-state index is 0.141. The monoisotopic (exact) mass is 297 g/mol. The molecule has 0 fully saturated rings. The molecule has 0 saturated carbocycles. The molecule has 0 aliphatic heterocycles. The fourth-order valence-corrected chi connectivity index (χ4v) is 1.67. The summed E-state index contributed by atoms with van der Waals surface area (Å²) in [6, 6.07) is 5.03. The van der Waals surface area contributed by atoms with E-state index in [1.165, 1.54) is 4.90 Å². The van der Waals surface area contributed by atoms with E-state index in [-0.39, 0.29) is 24.4 Å². The zero-order valence-electron chi connectivity index (χ0n) is 12.2. The van der Waals surface area contributed by atoms with Gasteiger partial charge in [-0.25, -0.2) is 0 Å². The van der Waals surface area contributed by atoms with E-state index >= 15 is 0 Å². The predicted molar refractivity (Wildman–Crippen MR) is 81.2 cm³/mol. The van der Waals surface area contributed by atoms with Crippen molar-refractivity contribution >= 4 is 29.1 Å². The maximum atomic E-state index is 11.9. The molecule has 2 amide bonds. The minimum atomic E-state index is -0.199. The number of amides is 2. The molecule has 0 aliphatic carbocycles. The van der Waals surface area contributed by atoms with Crippen LogP contribution < -0.4 is 10.6 Å². The molecule has 5 nitrogen and oxygen atoms in total. The highest BCUT2D eigenvalue weighted by molar-refractivity contribution is 6.33. The summed E-state index contributed by atoms with van der Waals surface area (Å²) >= 11 is 6.03. The molecule has 0 spiro atoms. The Hall–Kier alpha value is -1.59. The Labute approximate surface area is 124 Å². The number of anilines is 1. The average molecular weight is 298 g/mol. The normalized spacial score (nSPS) is 10.5. The maximum Gasteiger partial charge on any atom is 0.253 e. The molecule has 1 aromatic carbocycles. The molecule has 0 radical (unpaired) electrons. The van der Waals surface area contributed by atoms with Gasteiger partial charge in [0.2, 0.25) is 5.91 Å². The van der Waals surface area contributed by atoms with Crippen LogP contribution in [0.3, 0.4) is 0 Å². The first kappa shape index (κ1) is 16.5. The van der Waals surface area contributed by atoms with Crippen LogP contribution in [0.4, 0.5) is 5.69 Å². The van der Waals surface area contributed by atoms with E-state index < -0.39 is 0 Å². The van der Waals surface area contributed by atoms with E-state index in [1.807, 2.05) is 13.8 Å². The Balaban J connectivity index is 2.81. The molecule has 0 unspecified atom stereocenters. The lowest BCUT2D eigenvalue weighted by Gasteiger charge is -2.13. The van der Waals surface area contributed by atoms with Gasteiger partial charge in [-0.15, -0.1) is 0 Å². The van der Waals surface area contributed by atoms with Crippen LogP contribution in [0.1, 0.15) is 24.2 Å². The predicted octanol–water partition coefficient (Wildman–Crippen LogP) is 1.98. The zero-order valence-corrected chi connectivity index (χ0v) is 12.9. The van der Waals surface area contributed by atoms with Gasteiger partial charge in [-0.1, -0.05) is 25.4 Å². The van der Waals surface area contributed by atoms with Crippen molar-refractivity contribution < 1.29 is 9.59 Å². The Morgan fingerprint density at radius 3 is 2.50 bits per heavy atom. The van der Waals surface area contributed by atoms with Crippen LogP contribution in [0.2, 0.25) is 5.02 Å². The number of benzene rings is 1. The number of carbonyl (C=O) groups is 2. The first-order valence-corrected chi connectivity index (χ1v) is 6.73. The summed E-state index contributed by atoms with van der Waals surface area (Å²) in [7, 11) is 3.34. The summed E-state index contributed by atoms with van der Waals surface area (Å²) < 4.78 is 0. The average Bonchev–Trinajstić information content (AvgIpc) is 2.38. The van der Waals surface area contributed by atoms with E-state index in [4.69, 9.17) is 11.6 Å². The standard InChI is InChI=1S/C14H20ClN3O2/c1-9(2)16-8-13(19)17-12-7-10(5-6-11(12)15)14(20)18(3)4/h5-7,9,16H,8H2,1-4H3,(H,17,19). The largest absolute Gasteiger partial charge is 0.345 e. The number of nitrogens with one attached hydrogen (secondary N) is 2. The van der Waals surface area contributed by atoms with Crippen molar-refractivity contribution in [2.75, 3.05) is 26.0 Å². The summed E-state index contributed by atoms with van der Waals surface area (Å²) in [5.74, 6) is -0.340. The molecule has 0 aliphatic rings. The Kier molecular flexibility index (Phi) is 5.98. The molecular formula is C14H20ClN3O2. The first-order valence-electron chi connectivity index (χ1n) is 6.35. The molecule has 0 bridgehead atoms.